The second kappa shape index (κ2) is 7.07. The maximum atomic E-state index is 12.8. The highest BCUT2D eigenvalue weighted by Gasteiger charge is 2.23. The van der Waals surface area contributed by atoms with Crippen molar-refractivity contribution in [3.05, 3.63) is 46.9 Å². The average molecular weight is 332 g/mol. The standard InChI is InChI=1S/C15H17FN6O2/c16-10-3-4-12(19-8-10)21-15(24)20-11-2-1-7-22(9-11)13-14(23)18-6-5-17-13/h3-6,8,11H,1-2,7,9H2,(H,18,23)(H2,19,20,21,24)/t11-/m1/s1. The molecule has 0 aromatic carbocycles. The summed E-state index contributed by atoms with van der Waals surface area (Å²) in [5.41, 5.74) is -0.252. The van der Waals surface area contributed by atoms with Crippen LogP contribution in [0.25, 0.3) is 0 Å². The van der Waals surface area contributed by atoms with E-state index in [0.717, 1.165) is 19.0 Å². The van der Waals surface area contributed by atoms with Crippen molar-refractivity contribution in [2.45, 2.75) is 18.9 Å². The molecule has 0 unspecified atom stereocenters. The van der Waals surface area contributed by atoms with E-state index in [1.807, 2.05) is 4.90 Å². The molecule has 0 spiro atoms. The van der Waals surface area contributed by atoms with Crippen LogP contribution in [0.3, 0.4) is 0 Å². The molecule has 3 N–H and O–H groups in total. The van der Waals surface area contributed by atoms with Gasteiger partial charge in [-0.15, -0.1) is 0 Å². The predicted molar refractivity (Wildman–Crippen MR) is 86.4 cm³/mol. The molecule has 8 nitrogen and oxygen atoms in total. The number of urea groups is 1. The van der Waals surface area contributed by atoms with E-state index in [-0.39, 0.29) is 17.4 Å². The fraction of sp³-hybridized carbons (Fsp3) is 0.333. The van der Waals surface area contributed by atoms with Gasteiger partial charge in [-0.2, -0.15) is 0 Å². The molecular formula is C15H17FN6O2. The molecule has 2 aromatic heterocycles. The minimum absolute atomic E-state index is 0.124. The Balaban J connectivity index is 1.59. The number of anilines is 2. The van der Waals surface area contributed by atoms with Crippen LogP contribution in [0, 0.1) is 5.82 Å². The molecular weight excluding hydrogens is 315 g/mol. The number of halogens is 1. The van der Waals surface area contributed by atoms with Gasteiger partial charge in [-0.25, -0.2) is 19.2 Å². The Morgan fingerprint density at radius 3 is 3.00 bits per heavy atom. The number of hydrogen-bond donors (Lipinski definition) is 3. The topological polar surface area (TPSA) is 103 Å². The van der Waals surface area contributed by atoms with Gasteiger partial charge >= 0.3 is 6.03 Å². The van der Waals surface area contributed by atoms with Crippen LogP contribution in [-0.4, -0.2) is 40.1 Å². The van der Waals surface area contributed by atoms with Gasteiger partial charge in [0.2, 0.25) is 0 Å². The lowest BCUT2D eigenvalue weighted by Crippen LogP contribution is -2.50. The first-order valence-corrected chi connectivity index (χ1v) is 7.59. The first-order valence-electron chi connectivity index (χ1n) is 7.59. The Kier molecular flexibility index (Phi) is 4.69. The van der Waals surface area contributed by atoms with E-state index < -0.39 is 11.8 Å². The number of rotatable bonds is 3. The lowest BCUT2D eigenvalue weighted by atomic mass is 10.1. The minimum atomic E-state index is -0.468. The molecule has 2 aromatic rings. The Labute approximate surface area is 137 Å². The van der Waals surface area contributed by atoms with E-state index in [2.05, 4.69) is 25.6 Å². The third-order valence-corrected chi connectivity index (χ3v) is 3.71. The van der Waals surface area contributed by atoms with Crippen LogP contribution in [-0.2, 0) is 0 Å². The van der Waals surface area contributed by atoms with Crippen molar-refractivity contribution in [2.24, 2.45) is 0 Å². The minimum Gasteiger partial charge on any atom is -0.350 e. The number of nitrogens with zero attached hydrogens (tertiary/aromatic N) is 3. The summed E-state index contributed by atoms with van der Waals surface area (Å²) in [6.07, 6.45) is 5.67. The molecule has 2 amide bonds. The molecule has 0 bridgehead atoms. The number of nitrogens with one attached hydrogen (secondary N) is 3. The Bertz CT molecular complexity index is 763. The second-order valence-electron chi connectivity index (χ2n) is 5.49. The number of carbonyl (C=O) groups excluding carboxylic acids is 1. The van der Waals surface area contributed by atoms with Crippen LogP contribution >= 0.6 is 0 Å². The Hall–Kier alpha value is -2.97. The molecule has 0 aliphatic carbocycles. The molecule has 126 valence electrons. The van der Waals surface area contributed by atoms with E-state index in [1.54, 1.807) is 0 Å². The molecule has 3 heterocycles. The molecule has 9 heteroatoms. The molecule has 1 fully saturated rings. The number of pyridine rings is 1. The first kappa shape index (κ1) is 15.9. The highest BCUT2D eigenvalue weighted by atomic mass is 19.1. The summed E-state index contributed by atoms with van der Waals surface area (Å²) in [6, 6.07) is 2.06. The summed E-state index contributed by atoms with van der Waals surface area (Å²) in [4.78, 5) is 36.2. The van der Waals surface area contributed by atoms with E-state index in [1.165, 1.54) is 24.5 Å². The highest BCUT2D eigenvalue weighted by molar-refractivity contribution is 5.88. The van der Waals surface area contributed by atoms with Gasteiger partial charge in [0.1, 0.15) is 11.6 Å². The summed E-state index contributed by atoms with van der Waals surface area (Å²) in [5.74, 6) is 0.150. The van der Waals surface area contributed by atoms with Crippen LogP contribution in [0.2, 0.25) is 0 Å². The number of piperidine rings is 1. The van der Waals surface area contributed by atoms with Crippen molar-refractivity contribution in [2.75, 3.05) is 23.3 Å². The van der Waals surface area contributed by atoms with E-state index in [4.69, 9.17) is 0 Å². The quantitative estimate of drug-likeness (QED) is 0.781. The van der Waals surface area contributed by atoms with Gasteiger partial charge in [-0.3, -0.25) is 10.1 Å². The number of hydrogen-bond acceptors (Lipinski definition) is 5. The smallest absolute Gasteiger partial charge is 0.320 e. The molecule has 1 aliphatic rings. The van der Waals surface area contributed by atoms with Crippen LogP contribution in [0.15, 0.2) is 35.5 Å². The van der Waals surface area contributed by atoms with Crippen LogP contribution in [0.1, 0.15) is 12.8 Å². The Morgan fingerprint density at radius 1 is 1.38 bits per heavy atom. The second-order valence-corrected chi connectivity index (χ2v) is 5.49. The van der Waals surface area contributed by atoms with Gasteiger partial charge in [-0.05, 0) is 25.0 Å². The van der Waals surface area contributed by atoms with Gasteiger partial charge in [0.15, 0.2) is 5.82 Å². The van der Waals surface area contributed by atoms with Crippen molar-refractivity contribution in [3.8, 4) is 0 Å². The number of aromatic amines is 1. The monoisotopic (exact) mass is 332 g/mol. The summed E-state index contributed by atoms with van der Waals surface area (Å²) >= 11 is 0. The zero-order valence-electron chi connectivity index (χ0n) is 12.8. The van der Waals surface area contributed by atoms with E-state index in [9.17, 15) is 14.0 Å². The molecule has 1 saturated heterocycles. The fourth-order valence-electron chi connectivity index (χ4n) is 2.64. The molecule has 24 heavy (non-hydrogen) atoms. The SMILES string of the molecule is O=C(Nc1ccc(F)cn1)N[C@@H]1CCCN(c2ncc[nH]c2=O)C1. The van der Waals surface area contributed by atoms with Crippen LogP contribution in [0.4, 0.5) is 20.8 Å². The first-order chi connectivity index (χ1) is 11.6. The van der Waals surface area contributed by atoms with Crippen LogP contribution in [0.5, 0.6) is 0 Å². The maximum Gasteiger partial charge on any atom is 0.320 e. The predicted octanol–water partition coefficient (Wildman–Crippen LogP) is 1.09. The van der Waals surface area contributed by atoms with Gasteiger partial charge in [0, 0.05) is 31.5 Å². The third kappa shape index (κ3) is 3.86. The third-order valence-electron chi connectivity index (χ3n) is 3.71. The lowest BCUT2D eigenvalue weighted by Gasteiger charge is -2.33. The van der Waals surface area contributed by atoms with Gasteiger partial charge in [0.25, 0.3) is 5.56 Å². The summed E-state index contributed by atoms with van der Waals surface area (Å²) in [6.45, 7) is 1.20. The van der Waals surface area contributed by atoms with E-state index in [0.29, 0.717) is 18.9 Å². The van der Waals surface area contributed by atoms with Crippen molar-refractivity contribution in [1.82, 2.24) is 20.3 Å². The van der Waals surface area contributed by atoms with Crippen molar-refractivity contribution >= 4 is 17.7 Å². The molecule has 0 radical (unpaired) electrons. The highest BCUT2D eigenvalue weighted by Crippen LogP contribution is 2.14. The van der Waals surface area contributed by atoms with Crippen LogP contribution < -0.4 is 21.1 Å². The maximum absolute atomic E-state index is 12.8. The van der Waals surface area contributed by atoms with Gasteiger partial charge < -0.3 is 15.2 Å². The normalized spacial score (nSPS) is 17.4. The zero-order chi connectivity index (χ0) is 16.9. The number of amides is 2. The van der Waals surface area contributed by atoms with Gasteiger partial charge in [-0.1, -0.05) is 0 Å². The number of H-pyrrole nitrogens is 1. The zero-order valence-corrected chi connectivity index (χ0v) is 12.8. The lowest BCUT2D eigenvalue weighted by molar-refractivity contribution is 0.246. The average Bonchev–Trinajstić information content (AvgIpc) is 2.57. The summed E-state index contributed by atoms with van der Waals surface area (Å²) in [7, 11) is 0. The number of carbonyl (C=O) groups is 1. The summed E-state index contributed by atoms with van der Waals surface area (Å²) in [5, 5.41) is 5.39. The molecule has 3 rings (SSSR count). The summed E-state index contributed by atoms with van der Waals surface area (Å²) < 4.78 is 12.8. The molecule has 0 saturated carbocycles. The van der Waals surface area contributed by atoms with Gasteiger partial charge in [0.05, 0.1) is 6.20 Å². The molecule has 1 aliphatic heterocycles. The van der Waals surface area contributed by atoms with E-state index >= 15 is 0 Å². The Morgan fingerprint density at radius 2 is 2.25 bits per heavy atom. The fourth-order valence-corrected chi connectivity index (χ4v) is 2.64. The van der Waals surface area contributed by atoms with Crippen molar-refractivity contribution < 1.29 is 9.18 Å². The largest absolute Gasteiger partial charge is 0.350 e. The molecule has 1 atom stereocenters. The van der Waals surface area contributed by atoms with Crippen molar-refractivity contribution in [3.63, 3.8) is 0 Å². The number of aromatic nitrogens is 3. The van der Waals surface area contributed by atoms with Crippen molar-refractivity contribution in [1.29, 1.82) is 0 Å².